The maximum atomic E-state index is 15.1. The van der Waals surface area contributed by atoms with E-state index < -0.39 is 238 Å². The molecular formula is C48H32O32. The highest BCUT2D eigenvalue weighted by molar-refractivity contribution is 6.10. The Morgan fingerprint density at radius 2 is 1.09 bits per heavy atom. The summed E-state index contributed by atoms with van der Waals surface area (Å²) in [5, 5.41) is 184. The molecule has 32 heteroatoms. The van der Waals surface area contributed by atoms with Crippen molar-refractivity contribution in [3.05, 3.63) is 81.4 Å². The Hall–Kier alpha value is -10.8. The van der Waals surface area contributed by atoms with Gasteiger partial charge in [-0.1, -0.05) is 0 Å². The van der Waals surface area contributed by atoms with E-state index >= 15 is 4.79 Å². The summed E-state index contributed by atoms with van der Waals surface area (Å²) in [7, 11) is 0. The van der Waals surface area contributed by atoms with Crippen molar-refractivity contribution in [3.63, 3.8) is 0 Å². The highest BCUT2D eigenvalue weighted by Gasteiger charge is 2.70. The molecule has 0 spiro atoms. The molecule has 5 aromatic rings. The molecule has 0 radical (unpaired) electrons. The molecule has 4 aliphatic heterocycles. The molecule has 1 saturated heterocycles. The zero-order valence-electron chi connectivity index (χ0n) is 38.9. The fourth-order valence-electron chi connectivity index (χ4n) is 9.34. The van der Waals surface area contributed by atoms with Crippen LogP contribution in [0.1, 0.15) is 63.3 Å². The van der Waals surface area contributed by atoms with Crippen molar-refractivity contribution in [2.24, 2.45) is 0 Å². The fraction of sp³-hybridized carbons (Fsp3) is 0.188. The van der Waals surface area contributed by atoms with Crippen molar-refractivity contribution < 1.29 is 158 Å². The fourth-order valence-corrected chi connectivity index (χ4v) is 9.34. The average molecular weight is 1120 g/mol. The van der Waals surface area contributed by atoms with Crippen molar-refractivity contribution in [1.29, 1.82) is 0 Å². The third-order valence-corrected chi connectivity index (χ3v) is 13.1. The van der Waals surface area contributed by atoms with Crippen LogP contribution in [0.4, 0.5) is 0 Å². The minimum absolute atomic E-state index is 0.214. The molecule has 5 aliphatic rings. The molecule has 6 bridgehead atoms. The van der Waals surface area contributed by atoms with E-state index in [-0.39, 0.29) is 12.1 Å². The van der Waals surface area contributed by atoms with Crippen molar-refractivity contribution >= 4 is 41.6 Å². The van der Waals surface area contributed by atoms with Crippen LogP contribution in [0.5, 0.6) is 92.0 Å². The Labute approximate surface area is 438 Å². The molecule has 32 nitrogen and oxygen atoms in total. The summed E-state index contributed by atoms with van der Waals surface area (Å²) in [5.41, 5.74) is -10.7. The number of hydrogen-bond donors (Lipinski definition) is 17. The molecule has 0 amide bonds. The number of aliphatic hydroxyl groups is 3. The van der Waals surface area contributed by atoms with Crippen LogP contribution >= 0.6 is 0 Å². The summed E-state index contributed by atoms with van der Waals surface area (Å²) in [4.78, 5) is 98.7. The normalized spacial score (nSPS) is 23.5. The Morgan fingerprint density at radius 1 is 0.550 bits per heavy atom. The molecule has 416 valence electrons. The Bertz CT molecular complexity index is 3700. The van der Waals surface area contributed by atoms with Crippen molar-refractivity contribution in [1.82, 2.24) is 0 Å². The monoisotopic (exact) mass is 1120 g/mol. The van der Waals surface area contributed by atoms with E-state index in [0.29, 0.717) is 30.3 Å². The number of carbonyl (C=O) groups excluding carboxylic acids is 6. The first kappa shape index (κ1) is 52.6. The number of ether oxygens (including phenoxy) is 8. The highest BCUT2D eigenvalue weighted by Crippen LogP contribution is 2.60. The average Bonchev–Trinajstić information content (AvgIpc) is 3.59. The molecule has 17 N–H and O–H groups in total. The second-order valence-electron chi connectivity index (χ2n) is 17.8. The number of fused-ring (bicyclic) bond motifs is 4. The van der Waals surface area contributed by atoms with Gasteiger partial charge in [0.1, 0.15) is 18.3 Å². The number of hydrogen-bond acceptors (Lipinski definition) is 31. The lowest BCUT2D eigenvalue weighted by molar-refractivity contribution is -0.339. The molecule has 7 unspecified atom stereocenters. The number of aromatic hydroxyl groups is 13. The third-order valence-electron chi connectivity index (χ3n) is 13.1. The minimum Gasteiger partial charge on any atom is -0.504 e. The zero-order valence-corrected chi connectivity index (χ0v) is 38.9. The number of phenols is 13. The van der Waals surface area contributed by atoms with Crippen LogP contribution in [0.15, 0.2) is 48.0 Å². The van der Waals surface area contributed by atoms with Crippen LogP contribution in [-0.2, 0) is 38.0 Å². The van der Waals surface area contributed by atoms with Crippen LogP contribution < -0.4 is 9.47 Å². The Kier molecular flexibility index (Phi) is 11.8. The smallest absolute Gasteiger partial charge is 0.340 e. The first-order chi connectivity index (χ1) is 37.5. The van der Waals surface area contributed by atoms with Crippen LogP contribution in [0.2, 0.25) is 0 Å². The van der Waals surface area contributed by atoms with E-state index in [1.54, 1.807) is 0 Å². The van der Waals surface area contributed by atoms with Crippen LogP contribution in [0.3, 0.4) is 0 Å². The van der Waals surface area contributed by atoms with Gasteiger partial charge < -0.3 is 125 Å². The lowest BCUT2D eigenvalue weighted by atomic mass is 9.70. The van der Waals surface area contributed by atoms with Gasteiger partial charge >= 0.3 is 41.6 Å². The molecule has 7 atom stereocenters. The second kappa shape index (κ2) is 17.9. The number of phenolic OH excluding ortho intramolecular Hbond substituents is 13. The lowest BCUT2D eigenvalue weighted by Crippen LogP contribution is -2.70. The van der Waals surface area contributed by atoms with E-state index in [9.17, 15) is 116 Å². The van der Waals surface area contributed by atoms with Gasteiger partial charge in [0, 0.05) is 22.8 Å². The van der Waals surface area contributed by atoms with Gasteiger partial charge in [0.15, 0.2) is 75.5 Å². The van der Waals surface area contributed by atoms with Gasteiger partial charge in [-0.25, -0.2) is 28.8 Å². The minimum atomic E-state index is -4.05. The molecule has 1 aliphatic carbocycles. The van der Waals surface area contributed by atoms with Gasteiger partial charge in [-0.2, -0.15) is 0 Å². The Morgan fingerprint density at radius 3 is 1.75 bits per heavy atom. The number of cyclic esters (lactones) is 1. The summed E-state index contributed by atoms with van der Waals surface area (Å²) < 4.78 is 44.5. The number of carboxylic acids is 1. The molecule has 4 heterocycles. The first-order valence-electron chi connectivity index (χ1n) is 22.2. The largest absolute Gasteiger partial charge is 0.504 e. The van der Waals surface area contributed by atoms with Crippen LogP contribution in [-0.4, -0.2) is 177 Å². The van der Waals surface area contributed by atoms with Crippen LogP contribution in [0, 0.1) is 0 Å². The van der Waals surface area contributed by atoms with E-state index in [1.165, 1.54) is 0 Å². The molecular weight excluding hydrogens is 1090 g/mol. The number of aromatic carboxylic acids is 1. The van der Waals surface area contributed by atoms with Gasteiger partial charge in [0.05, 0.1) is 33.7 Å². The summed E-state index contributed by atoms with van der Waals surface area (Å²) in [6, 6.07) is 2.27. The van der Waals surface area contributed by atoms with E-state index in [0.717, 1.165) is 0 Å². The standard InChI is InChI=1S/C48H32O32/c49-15-1-9(2-16(50)27(15)56)41(65)79-46-39-38-36(76-45(69)13-7-22(55)48(72)47(70,71)26(13)25-12(44(68)78-39)4-19(53)30(59)37(25)80-48)21(74-46)8-73-42(66)10-3-17(51)28(57)31(60)23(10)24-11(43(67)77-38)5-20(54)35(32(24)61)75-34-14(40(63)64)6-18(52)29(58)33(34)62/h1-7,21,26,36,38-39,46,49-54,56-62,70-72H,8H2,(H,63,64). The van der Waals surface area contributed by atoms with Gasteiger partial charge in [-0.05, 0) is 36.4 Å². The zero-order chi connectivity index (χ0) is 58.3. The van der Waals surface area contributed by atoms with E-state index in [1.807, 2.05) is 0 Å². The summed E-state index contributed by atoms with van der Waals surface area (Å²) in [6.45, 7) is -1.43. The number of esters is 5. The topological polar surface area (TPSA) is 537 Å². The Balaban J connectivity index is 1.22. The maximum absolute atomic E-state index is 15.1. The summed E-state index contributed by atoms with van der Waals surface area (Å²) >= 11 is 0. The highest BCUT2D eigenvalue weighted by atomic mass is 16.8. The first-order valence-corrected chi connectivity index (χ1v) is 22.2. The molecule has 80 heavy (non-hydrogen) atoms. The molecule has 10 rings (SSSR count). The van der Waals surface area contributed by atoms with Gasteiger partial charge in [-0.3, -0.25) is 4.79 Å². The van der Waals surface area contributed by atoms with Crippen molar-refractivity contribution in [3.8, 4) is 103 Å². The van der Waals surface area contributed by atoms with Gasteiger partial charge in [0.2, 0.25) is 46.9 Å². The maximum Gasteiger partial charge on any atom is 0.340 e. The SMILES string of the molecule is O=C1OC2C3COC(=O)c4cc(O)c(O)c(O)c4-c4c(cc(O)c(Oc5c(C(=O)O)cc(O)c(O)c5O)c4O)C(=O)OC2C(OC(=O)c2cc(O)c(O)c4c2C2C1=CC(=O)C(O)(O4)C2(O)O)C(OC(=O)c1cc(O)c(O)c(O)c1)O3. The number of ketones is 1. The molecule has 0 aromatic heterocycles. The second-order valence-corrected chi connectivity index (χ2v) is 17.8. The number of carbonyl (C=O) groups is 7. The molecule has 1 fully saturated rings. The number of carboxylic acid groups (broad SMARTS) is 1. The lowest BCUT2D eigenvalue weighted by Gasteiger charge is -2.49. The van der Waals surface area contributed by atoms with E-state index in [4.69, 9.17) is 37.9 Å². The summed E-state index contributed by atoms with van der Waals surface area (Å²) in [5.74, 6) is -46.2. The third kappa shape index (κ3) is 7.64. The van der Waals surface area contributed by atoms with Gasteiger partial charge in [0.25, 0.3) is 5.79 Å². The quantitative estimate of drug-likeness (QED) is 0.0469. The van der Waals surface area contributed by atoms with Gasteiger partial charge in [-0.15, -0.1) is 0 Å². The number of benzene rings is 5. The number of rotatable bonds is 5. The molecule has 0 saturated carbocycles. The predicted molar refractivity (Wildman–Crippen MR) is 241 cm³/mol. The predicted octanol–water partition coefficient (Wildman–Crippen LogP) is -0.200. The van der Waals surface area contributed by atoms with Crippen molar-refractivity contribution in [2.45, 2.75) is 48.2 Å². The summed E-state index contributed by atoms with van der Waals surface area (Å²) in [6.07, 6.45) is -12.8. The molecule has 5 aromatic carbocycles. The van der Waals surface area contributed by atoms with Crippen molar-refractivity contribution in [2.75, 3.05) is 6.61 Å². The van der Waals surface area contributed by atoms with Crippen LogP contribution in [0.25, 0.3) is 11.1 Å². The van der Waals surface area contributed by atoms with E-state index in [2.05, 4.69) is 0 Å².